The predicted octanol–water partition coefficient (Wildman–Crippen LogP) is 3.85. The van der Waals surface area contributed by atoms with Gasteiger partial charge in [0.1, 0.15) is 12.3 Å². The number of aromatic nitrogens is 1. The Hall–Kier alpha value is -3.18. The van der Waals surface area contributed by atoms with Crippen LogP contribution < -0.4 is 10.2 Å². The summed E-state index contributed by atoms with van der Waals surface area (Å²) in [7, 11) is 0. The Morgan fingerprint density at radius 3 is 2.14 bits per heavy atom. The van der Waals surface area contributed by atoms with Crippen LogP contribution in [-0.4, -0.2) is 17.5 Å². The van der Waals surface area contributed by atoms with Gasteiger partial charge in [0.05, 0.1) is 6.61 Å². The van der Waals surface area contributed by atoms with Gasteiger partial charge in [0.15, 0.2) is 12.0 Å². The minimum atomic E-state index is -0.297. The van der Waals surface area contributed by atoms with E-state index in [9.17, 15) is 9.59 Å². The molecule has 28 heavy (non-hydrogen) atoms. The normalized spacial score (nSPS) is 10.6. The van der Waals surface area contributed by atoms with Gasteiger partial charge in [-0.3, -0.25) is 9.59 Å². The van der Waals surface area contributed by atoms with Gasteiger partial charge in [-0.1, -0.05) is 60.7 Å². The van der Waals surface area contributed by atoms with E-state index in [-0.39, 0.29) is 23.5 Å². The maximum Gasteiger partial charge on any atom is 0.224 e. The Balaban J connectivity index is 1.58. The maximum atomic E-state index is 12.2. The van der Waals surface area contributed by atoms with Crippen molar-refractivity contribution in [3.8, 4) is 5.75 Å². The number of carbonyl (C=O) groups is 1. The van der Waals surface area contributed by atoms with Crippen molar-refractivity contribution in [2.45, 2.75) is 26.2 Å². The highest BCUT2D eigenvalue weighted by atomic mass is 16.5. The SMILES string of the molecule is O=Cc1c(OCc2ccccc2)c(=O)ccn1CCCOCc1ccccc1. The molecule has 3 aromatic rings. The molecule has 0 atom stereocenters. The molecule has 0 aliphatic heterocycles. The van der Waals surface area contributed by atoms with Gasteiger partial charge in [0.25, 0.3) is 0 Å². The van der Waals surface area contributed by atoms with Crippen molar-refractivity contribution >= 4 is 6.29 Å². The average molecular weight is 377 g/mol. The van der Waals surface area contributed by atoms with E-state index in [2.05, 4.69) is 0 Å². The zero-order chi connectivity index (χ0) is 19.6. The van der Waals surface area contributed by atoms with E-state index in [0.29, 0.717) is 32.5 Å². The van der Waals surface area contributed by atoms with E-state index in [1.165, 1.54) is 6.07 Å². The second-order valence-corrected chi connectivity index (χ2v) is 6.37. The van der Waals surface area contributed by atoms with Crippen LogP contribution in [0.3, 0.4) is 0 Å². The molecule has 0 fully saturated rings. The molecule has 2 aromatic carbocycles. The summed E-state index contributed by atoms with van der Waals surface area (Å²) in [5, 5.41) is 0. The van der Waals surface area contributed by atoms with Crippen LogP contribution in [0, 0.1) is 0 Å². The fourth-order valence-electron chi connectivity index (χ4n) is 2.86. The van der Waals surface area contributed by atoms with Crippen LogP contribution >= 0.6 is 0 Å². The summed E-state index contributed by atoms with van der Waals surface area (Å²) in [6.45, 7) is 1.91. The molecular weight excluding hydrogens is 354 g/mol. The zero-order valence-corrected chi connectivity index (χ0v) is 15.6. The Morgan fingerprint density at radius 1 is 0.857 bits per heavy atom. The number of rotatable bonds is 10. The number of hydrogen-bond acceptors (Lipinski definition) is 4. The standard InChI is InChI=1S/C23H23NO4/c25-16-21-23(28-18-20-10-5-2-6-11-20)22(26)12-14-24(21)13-7-15-27-17-19-8-3-1-4-9-19/h1-6,8-12,14,16H,7,13,15,17-18H2. The predicted molar refractivity (Wildman–Crippen MR) is 108 cm³/mol. The molecule has 0 aliphatic carbocycles. The highest BCUT2D eigenvalue weighted by Gasteiger charge is 2.12. The lowest BCUT2D eigenvalue weighted by Gasteiger charge is -2.14. The number of aryl methyl sites for hydroxylation is 1. The lowest BCUT2D eigenvalue weighted by atomic mass is 10.2. The second-order valence-electron chi connectivity index (χ2n) is 6.37. The molecule has 0 saturated carbocycles. The second kappa shape index (κ2) is 10.2. The molecule has 0 bridgehead atoms. The molecule has 144 valence electrons. The van der Waals surface area contributed by atoms with Crippen LogP contribution in [0.15, 0.2) is 77.7 Å². The summed E-state index contributed by atoms with van der Waals surface area (Å²) in [4.78, 5) is 23.8. The molecule has 3 rings (SSSR count). The van der Waals surface area contributed by atoms with E-state index in [1.54, 1.807) is 10.8 Å². The van der Waals surface area contributed by atoms with Gasteiger partial charge in [-0.05, 0) is 17.5 Å². The van der Waals surface area contributed by atoms with Gasteiger partial charge in [0, 0.05) is 25.4 Å². The molecule has 0 unspecified atom stereocenters. The smallest absolute Gasteiger partial charge is 0.224 e. The van der Waals surface area contributed by atoms with Gasteiger partial charge >= 0.3 is 0 Å². The third-order valence-electron chi connectivity index (χ3n) is 4.31. The summed E-state index contributed by atoms with van der Waals surface area (Å²) in [6.07, 6.45) is 3.01. The van der Waals surface area contributed by atoms with Crippen molar-refractivity contribution in [2.75, 3.05) is 6.61 Å². The Bertz CT molecular complexity index is 936. The van der Waals surface area contributed by atoms with Crippen molar-refractivity contribution in [1.29, 1.82) is 0 Å². The van der Waals surface area contributed by atoms with Crippen molar-refractivity contribution in [2.24, 2.45) is 0 Å². The van der Waals surface area contributed by atoms with Crippen LogP contribution in [-0.2, 0) is 24.5 Å². The quantitative estimate of drug-likeness (QED) is 0.398. The number of aldehydes is 1. The topological polar surface area (TPSA) is 57.5 Å². The van der Waals surface area contributed by atoms with Crippen molar-refractivity contribution < 1.29 is 14.3 Å². The van der Waals surface area contributed by atoms with E-state index in [0.717, 1.165) is 11.1 Å². The summed E-state index contributed by atoms with van der Waals surface area (Å²) in [6, 6.07) is 20.9. The molecular formula is C23H23NO4. The first kappa shape index (κ1) is 19.6. The van der Waals surface area contributed by atoms with E-state index >= 15 is 0 Å². The minimum Gasteiger partial charge on any atom is -0.483 e. The van der Waals surface area contributed by atoms with Crippen LogP contribution in [0.2, 0.25) is 0 Å². The first-order valence-electron chi connectivity index (χ1n) is 9.25. The summed E-state index contributed by atoms with van der Waals surface area (Å²) >= 11 is 0. The molecule has 1 aromatic heterocycles. The molecule has 0 N–H and O–H groups in total. The molecule has 0 aliphatic rings. The third kappa shape index (κ3) is 5.41. The first-order chi connectivity index (χ1) is 13.8. The van der Waals surface area contributed by atoms with Crippen LogP contribution in [0.1, 0.15) is 28.0 Å². The molecule has 5 heteroatoms. The number of carbonyl (C=O) groups excluding carboxylic acids is 1. The maximum absolute atomic E-state index is 12.2. The molecule has 0 spiro atoms. The Kier molecular flexibility index (Phi) is 7.15. The highest BCUT2D eigenvalue weighted by Crippen LogP contribution is 2.14. The molecule has 5 nitrogen and oxygen atoms in total. The summed E-state index contributed by atoms with van der Waals surface area (Å²) < 4.78 is 13.1. The molecule has 0 radical (unpaired) electrons. The van der Waals surface area contributed by atoms with E-state index in [1.807, 2.05) is 60.7 Å². The average Bonchev–Trinajstić information content (AvgIpc) is 2.74. The van der Waals surface area contributed by atoms with Gasteiger partial charge in [0.2, 0.25) is 5.43 Å². The van der Waals surface area contributed by atoms with Crippen LogP contribution in [0.25, 0.3) is 0 Å². The van der Waals surface area contributed by atoms with Crippen LogP contribution in [0.5, 0.6) is 5.75 Å². The fourth-order valence-corrected chi connectivity index (χ4v) is 2.86. The van der Waals surface area contributed by atoms with Gasteiger partial charge in [-0.25, -0.2) is 0 Å². The van der Waals surface area contributed by atoms with Crippen LogP contribution in [0.4, 0.5) is 0 Å². The number of benzene rings is 2. The lowest BCUT2D eigenvalue weighted by Crippen LogP contribution is -2.17. The molecule has 1 heterocycles. The Morgan fingerprint density at radius 2 is 1.50 bits per heavy atom. The fraction of sp³-hybridized carbons (Fsp3) is 0.217. The number of nitrogens with zero attached hydrogens (tertiary/aromatic N) is 1. The van der Waals surface area contributed by atoms with Gasteiger partial charge in [-0.15, -0.1) is 0 Å². The summed E-state index contributed by atoms with van der Waals surface area (Å²) in [5.74, 6) is 0.0894. The van der Waals surface area contributed by atoms with Crippen molar-refractivity contribution in [3.05, 3.63) is 100.0 Å². The van der Waals surface area contributed by atoms with Gasteiger partial charge < -0.3 is 14.0 Å². The van der Waals surface area contributed by atoms with Crippen molar-refractivity contribution in [1.82, 2.24) is 4.57 Å². The largest absolute Gasteiger partial charge is 0.483 e. The van der Waals surface area contributed by atoms with E-state index < -0.39 is 0 Å². The monoisotopic (exact) mass is 377 g/mol. The number of pyridine rings is 1. The number of hydrogen-bond donors (Lipinski definition) is 0. The van der Waals surface area contributed by atoms with Crippen molar-refractivity contribution in [3.63, 3.8) is 0 Å². The minimum absolute atomic E-state index is 0.0894. The Labute approximate surface area is 164 Å². The zero-order valence-electron chi connectivity index (χ0n) is 15.6. The molecule has 0 saturated heterocycles. The summed E-state index contributed by atoms with van der Waals surface area (Å²) in [5.41, 5.74) is 2.01. The molecule has 0 amide bonds. The third-order valence-corrected chi connectivity index (χ3v) is 4.31. The number of ether oxygens (including phenoxy) is 2. The van der Waals surface area contributed by atoms with Gasteiger partial charge in [-0.2, -0.15) is 0 Å². The first-order valence-corrected chi connectivity index (χ1v) is 9.25. The van der Waals surface area contributed by atoms with E-state index in [4.69, 9.17) is 9.47 Å². The highest BCUT2D eigenvalue weighted by molar-refractivity contribution is 5.76. The lowest BCUT2D eigenvalue weighted by molar-refractivity contribution is 0.109.